The van der Waals surface area contributed by atoms with Gasteiger partial charge in [0.1, 0.15) is 0 Å². The molecule has 0 aliphatic carbocycles. The molecule has 0 saturated carbocycles. The number of halogens is 1. The van der Waals surface area contributed by atoms with Crippen LogP contribution in [0, 0.1) is 0 Å². The van der Waals surface area contributed by atoms with E-state index in [1.54, 1.807) is 4.90 Å². The number of nitrogens with two attached hydrogens (primary N) is 1. The summed E-state index contributed by atoms with van der Waals surface area (Å²) in [4.78, 5) is 24.8. The van der Waals surface area contributed by atoms with E-state index in [4.69, 9.17) is 5.73 Å². The Kier molecular flexibility index (Phi) is 4.55. The maximum absolute atomic E-state index is 12.0. The van der Waals surface area contributed by atoms with Gasteiger partial charge in [0.2, 0.25) is 11.8 Å². The van der Waals surface area contributed by atoms with Crippen molar-refractivity contribution in [2.75, 3.05) is 19.6 Å². The first kappa shape index (κ1) is 14.0. The fourth-order valence-corrected chi connectivity index (χ4v) is 2.64. The zero-order valence-electron chi connectivity index (χ0n) is 10.5. The Bertz CT molecular complexity index is 505. The SMILES string of the molecule is NCC(=O)NCC(=O)N1CCc2cccc(Br)c2C1. The normalized spacial score (nSPS) is 13.9. The van der Waals surface area contributed by atoms with Gasteiger partial charge < -0.3 is 16.0 Å². The third-order valence-electron chi connectivity index (χ3n) is 3.19. The first-order valence-corrected chi connectivity index (χ1v) is 6.92. The number of amides is 2. The molecule has 0 aromatic heterocycles. The highest BCUT2D eigenvalue weighted by Crippen LogP contribution is 2.26. The van der Waals surface area contributed by atoms with E-state index < -0.39 is 0 Å². The summed E-state index contributed by atoms with van der Waals surface area (Å²) in [5.41, 5.74) is 7.59. The van der Waals surface area contributed by atoms with E-state index >= 15 is 0 Å². The second-order valence-corrected chi connectivity index (χ2v) is 5.28. The standard InChI is InChI=1S/C13H16BrN3O2/c14-11-3-1-2-9-4-5-17(8-10(9)11)13(19)7-16-12(18)6-15/h1-3H,4-8,15H2,(H,16,18). The molecule has 0 radical (unpaired) electrons. The van der Waals surface area contributed by atoms with Crippen molar-refractivity contribution < 1.29 is 9.59 Å². The van der Waals surface area contributed by atoms with Gasteiger partial charge in [-0.15, -0.1) is 0 Å². The molecule has 2 rings (SSSR count). The van der Waals surface area contributed by atoms with Crippen molar-refractivity contribution in [2.24, 2.45) is 5.73 Å². The molecule has 1 aliphatic rings. The monoisotopic (exact) mass is 325 g/mol. The smallest absolute Gasteiger partial charge is 0.242 e. The molecule has 5 nitrogen and oxygen atoms in total. The van der Waals surface area contributed by atoms with E-state index in [2.05, 4.69) is 27.3 Å². The first-order chi connectivity index (χ1) is 9.11. The predicted octanol–water partition coefficient (Wildman–Crippen LogP) is 0.409. The number of benzene rings is 1. The lowest BCUT2D eigenvalue weighted by molar-refractivity contribution is -0.133. The first-order valence-electron chi connectivity index (χ1n) is 6.12. The van der Waals surface area contributed by atoms with Gasteiger partial charge in [-0.2, -0.15) is 0 Å². The van der Waals surface area contributed by atoms with Crippen molar-refractivity contribution in [1.82, 2.24) is 10.2 Å². The molecule has 1 aliphatic heterocycles. The fourth-order valence-electron chi connectivity index (χ4n) is 2.11. The van der Waals surface area contributed by atoms with E-state index in [1.807, 2.05) is 12.1 Å². The summed E-state index contributed by atoms with van der Waals surface area (Å²) in [5.74, 6) is -0.393. The molecule has 1 heterocycles. The highest BCUT2D eigenvalue weighted by molar-refractivity contribution is 9.10. The summed E-state index contributed by atoms with van der Waals surface area (Å²) in [6.07, 6.45) is 0.839. The average Bonchev–Trinajstić information content (AvgIpc) is 2.44. The Balaban J connectivity index is 1.99. The van der Waals surface area contributed by atoms with Crippen LogP contribution in [0.2, 0.25) is 0 Å². The summed E-state index contributed by atoms with van der Waals surface area (Å²) in [5, 5.41) is 2.50. The van der Waals surface area contributed by atoms with Crippen LogP contribution in [0.3, 0.4) is 0 Å². The van der Waals surface area contributed by atoms with Crippen LogP contribution in [0.4, 0.5) is 0 Å². The lowest BCUT2D eigenvalue weighted by atomic mass is 10.00. The van der Waals surface area contributed by atoms with E-state index in [-0.39, 0.29) is 24.9 Å². The largest absolute Gasteiger partial charge is 0.346 e. The van der Waals surface area contributed by atoms with Crippen LogP contribution < -0.4 is 11.1 Å². The lowest BCUT2D eigenvalue weighted by Crippen LogP contribution is -2.43. The number of carbonyl (C=O) groups excluding carboxylic acids is 2. The molecule has 0 spiro atoms. The van der Waals surface area contributed by atoms with Gasteiger partial charge in [-0.05, 0) is 23.6 Å². The number of carbonyl (C=O) groups is 2. The summed E-state index contributed by atoms with van der Waals surface area (Å²) < 4.78 is 1.02. The Hall–Kier alpha value is -1.40. The Morgan fingerprint density at radius 3 is 2.95 bits per heavy atom. The molecule has 6 heteroatoms. The van der Waals surface area contributed by atoms with Crippen LogP contribution >= 0.6 is 15.9 Å². The van der Waals surface area contributed by atoms with E-state index in [1.165, 1.54) is 5.56 Å². The number of nitrogens with one attached hydrogen (secondary N) is 1. The van der Waals surface area contributed by atoms with Crippen LogP contribution in [0.1, 0.15) is 11.1 Å². The molecule has 3 N–H and O–H groups in total. The second-order valence-electron chi connectivity index (χ2n) is 4.42. The van der Waals surface area contributed by atoms with Crippen molar-refractivity contribution in [2.45, 2.75) is 13.0 Å². The Morgan fingerprint density at radius 1 is 1.42 bits per heavy atom. The van der Waals surface area contributed by atoms with E-state index in [0.29, 0.717) is 13.1 Å². The molecule has 102 valence electrons. The predicted molar refractivity (Wildman–Crippen MR) is 75.3 cm³/mol. The van der Waals surface area contributed by atoms with Gasteiger partial charge in [0.05, 0.1) is 13.1 Å². The average molecular weight is 326 g/mol. The maximum Gasteiger partial charge on any atom is 0.242 e. The summed E-state index contributed by atoms with van der Waals surface area (Å²) in [6, 6.07) is 6.06. The van der Waals surface area contributed by atoms with Crippen LogP contribution in [-0.2, 0) is 22.6 Å². The number of fused-ring (bicyclic) bond motifs is 1. The zero-order valence-corrected chi connectivity index (χ0v) is 12.1. The number of hydrogen-bond acceptors (Lipinski definition) is 3. The second kappa shape index (κ2) is 6.16. The molecule has 0 bridgehead atoms. The van der Waals surface area contributed by atoms with Gasteiger partial charge in [-0.1, -0.05) is 28.1 Å². The third-order valence-corrected chi connectivity index (χ3v) is 3.93. The van der Waals surface area contributed by atoms with Crippen molar-refractivity contribution in [1.29, 1.82) is 0 Å². The van der Waals surface area contributed by atoms with Crippen molar-refractivity contribution in [3.05, 3.63) is 33.8 Å². The van der Waals surface area contributed by atoms with Gasteiger partial charge in [0.15, 0.2) is 0 Å². The molecule has 2 amide bonds. The highest BCUT2D eigenvalue weighted by atomic mass is 79.9. The molecular weight excluding hydrogens is 310 g/mol. The van der Waals surface area contributed by atoms with Crippen LogP contribution in [0.15, 0.2) is 22.7 Å². The lowest BCUT2D eigenvalue weighted by Gasteiger charge is -2.29. The zero-order chi connectivity index (χ0) is 13.8. The molecule has 0 fully saturated rings. The van der Waals surface area contributed by atoms with Gasteiger partial charge >= 0.3 is 0 Å². The quantitative estimate of drug-likeness (QED) is 0.845. The molecule has 0 atom stereocenters. The fraction of sp³-hybridized carbons (Fsp3) is 0.385. The van der Waals surface area contributed by atoms with Gasteiger partial charge in [-0.3, -0.25) is 9.59 Å². The Labute approximate surface area is 120 Å². The van der Waals surface area contributed by atoms with Crippen molar-refractivity contribution >= 4 is 27.7 Å². The summed E-state index contributed by atoms with van der Waals surface area (Å²) >= 11 is 3.51. The number of hydrogen-bond donors (Lipinski definition) is 2. The number of nitrogens with zero attached hydrogens (tertiary/aromatic N) is 1. The topological polar surface area (TPSA) is 75.4 Å². The summed E-state index contributed by atoms with van der Waals surface area (Å²) in [6.45, 7) is 1.17. The maximum atomic E-state index is 12.0. The third kappa shape index (κ3) is 3.33. The molecule has 0 saturated heterocycles. The molecule has 1 aromatic carbocycles. The minimum absolute atomic E-state index is 0.00974. The summed E-state index contributed by atoms with van der Waals surface area (Å²) in [7, 11) is 0. The molecular formula is C13H16BrN3O2. The van der Waals surface area contributed by atoms with Gasteiger partial charge in [0, 0.05) is 17.6 Å². The molecule has 19 heavy (non-hydrogen) atoms. The van der Waals surface area contributed by atoms with Crippen LogP contribution in [0.5, 0.6) is 0 Å². The van der Waals surface area contributed by atoms with Crippen molar-refractivity contribution in [3.8, 4) is 0 Å². The van der Waals surface area contributed by atoms with Crippen LogP contribution in [-0.4, -0.2) is 36.3 Å². The minimum Gasteiger partial charge on any atom is -0.346 e. The minimum atomic E-state index is -0.313. The number of rotatable bonds is 3. The highest BCUT2D eigenvalue weighted by Gasteiger charge is 2.22. The van der Waals surface area contributed by atoms with Crippen LogP contribution in [0.25, 0.3) is 0 Å². The van der Waals surface area contributed by atoms with Gasteiger partial charge in [-0.25, -0.2) is 0 Å². The van der Waals surface area contributed by atoms with Gasteiger partial charge in [0.25, 0.3) is 0 Å². The molecule has 0 unspecified atom stereocenters. The Morgan fingerprint density at radius 2 is 2.21 bits per heavy atom. The molecule has 1 aromatic rings. The van der Waals surface area contributed by atoms with Crippen molar-refractivity contribution in [3.63, 3.8) is 0 Å². The van der Waals surface area contributed by atoms with E-state index in [9.17, 15) is 9.59 Å². The van der Waals surface area contributed by atoms with E-state index in [0.717, 1.165) is 16.5 Å².